The van der Waals surface area contributed by atoms with Crippen LogP contribution in [0.25, 0.3) is 16.5 Å². The molecule has 0 saturated carbocycles. The molecule has 134 valence electrons. The molecule has 1 heterocycles. The summed E-state index contributed by atoms with van der Waals surface area (Å²) in [6.45, 7) is -0.112. The van der Waals surface area contributed by atoms with E-state index in [-0.39, 0.29) is 23.7 Å². The highest BCUT2D eigenvalue weighted by Crippen LogP contribution is 2.35. The van der Waals surface area contributed by atoms with Crippen molar-refractivity contribution in [1.29, 1.82) is 0 Å². The van der Waals surface area contributed by atoms with Gasteiger partial charge in [0.05, 0.1) is 11.9 Å². The van der Waals surface area contributed by atoms with E-state index in [0.29, 0.717) is 16.5 Å². The fraction of sp³-hybridized carbons (Fsp3) is 0.0500. The number of rotatable bonds is 4. The first kappa shape index (κ1) is 16.6. The van der Waals surface area contributed by atoms with E-state index >= 15 is 0 Å². The molecule has 3 aromatic carbocycles. The molecule has 0 aliphatic carbocycles. The van der Waals surface area contributed by atoms with Gasteiger partial charge in [-0.2, -0.15) is 9.90 Å². The van der Waals surface area contributed by atoms with E-state index in [1.54, 1.807) is 24.3 Å². The molecule has 0 fully saturated rings. The van der Waals surface area contributed by atoms with Crippen LogP contribution in [0.2, 0.25) is 0 Å². The van der Waals surface area contributed by atoms with Gasteiger partial charge in [-0.1, -0.05) is 42.5 Å². The third-order valence-corrected chi connectivity index (χ3v) is 4.09. The summed E-state index contributed by atoms with van der Waals surface area (Å²) in [5, 5.41) is 29.7. The standard InChI is InChI=1S/C20H15N3O4/c24-18-10-17(19(25)16-9-5-4-8-15(16)18)20(26)27-12-13-11-21-23(22-13)14-6-2-1-3-7-14/h1-11,24-25H,12H2. The summed E-state index contributed by atoms with van der Waals surface area (Å²) in [6.07, 6.45) is 1.50. The number of hydrogen-bond donors (Lipinski definition) is 2. The molecule has 0 saturated heterocycles. The van der Waals surface area contributed by atoms with Crippen LogP contribution in [-0.4, -0.2) is 31.2 Å². The molecule has 7 nitrogen and oxygen atoms in total. The fourth-order valence-corrected chi connectivity index (χ4v) is 2.76. The van der Waals surface area contributed by atoms with Gasteiger partial charge in [0.25, 0.3) is 0 Å². The van der Waals surface area contributed by atoms with E-state index in [4.69, 9.17) is 4.74 Å². The molecule has 0 amide bonds. The Hall–Kier alpha value is -3.87. The minimum absolute atomic E-state index is 0.106. The van der Waals surface area contributed by atoms with Gasteiger partial charge >= 0.3 is 5.97 Å². The Morgan fingerprint density at radius 2 is 1.70 bits per heavy atom. The Kier molecular flexibility index (Phi) is 4.18. The van der Waals surface area contributed by atoms with Crippen LogP contribution < -0.4 is 0 Å². The highest BCUT2D eigenvalue weighted by molar-refractivity contribution is 6.03. The predicted octanol–water partition coefficient (Wildman–Crippen LogP) is 3.19. The SMILES string of the molecule is O=C(OCc1cnn(-c2ccccc2)n1)c1cc(O)c2ccccc2c1O. The number of carbonyl (C=O) groups is 1. The first-order chi connectivity index (χ1) is 13.1. The minimum atomic E-state index is -0.761. The number of phenols is 2. The van der Waals surface area contributed by atoms with Crippen molar-refractivity contribution in [3.8, 4) is 17.2 Å². The van der Waals surface area contributed by atoms with Crippen LogP contribution in [0.1, 0.15) is 16.1 Å². The molecule has 4 rings (SSSR count). The van der Waals surface area contributed by atoms with Gasteiger partial charge in [0.15, 0.2) is 0 Å². The fourth-order valence-electron chi connectivity index (χ4n) is 2.76. The quantitative estimate of drug-likeness (QED) is 0.428. The van der Waals surface area contributed by atoms with Crippen LogP contribution in [0.5, 0.6) is 11.5 Å². The molecule has 0 unspecified atom stereocenters. The lowest BCUT2D eigenvalue weighted by Gasteiger charge is -2.09. The minimum Gasteiger partial charge on any atom is -0.507 e. The van der Waals surface area contributed by atoms with Gasteiger partial charge in [0.1, 0.15) is 29.4 Å². The lowest BCUT2D eigenvalue weighted by molar-refractivity contribution is 0.0464. The maximum Gasteiger partial charge on any atom is 0.342 e. The summed E-state index contributed by atoms with van der Waals surface area (Å²) in [5.74, 6) is -1.10. The number of phenolic OH excluding ortho intramolecular Hbond substituents is 2. The Bertz CT molecular complexity index is 1120. The number of para-hydroxylation sites is 1. The zero-order valence-corrected chi connectivity index (χ0v) is 14.1. The molecule has 0 radical (unpaired) electrons. The number of esters is 1. The summed E-state index contributed by atoms with van der Waals surface area (Å²) in [4.78, 5) is 13.8. The van der Waals surface area contributed by atoms with Crippen LogP contribution >= 0.6 is 0 Å². The molecule has 0 aliphatic heterocycles. The van der Waals surface area contributed by atoms with Gasteiger partial charge < -0.3 is 14.9 Å². The number of carbonyl (C=O) groups excluding carboxylic acids is 1. The molecule has 4 aromatic rings. The second kappa shape index (κ2) is 6.80. The van der Waals surface area contributed by atoms with E-state index in [2.05, 4.69) is 10.2 Å². The maximum atomic E-state index is 12.4. The van der Waals surface area contributed by atoms with Crippen molar-refractivity contribution < 1.29 is 19.7 Å². The normalized spacial score (nSPS) is 10.8. The lowest BCUT2D eigenvalue weighted by atomic mass is 10.0. The van der Waals surface area contributed by atoms with Crippen LogP contribution in [0.4, 0.5) is 0 Å². The third-order valence-electron chi connectivity index (χ3n) is 4.09. The molecule has 0 spiro atoms. The van der Waals surface area contributed by atoms with E-state index < -0.39 is 5.97 Å². The van der Waals surface area contributed by atoms with E-state index in [1.165, 1.54) is 17.1 Å². The molecule has 0 atom stereocenters. The zero-order chi connectivity index (χ0) is 18.8. The molecule has 0 aliphatic rings. The number of ether oxygens (including phenoxy) is 1. The van der Waals surface area contributed by atoms with Gasteiger partial charge in [-0.15, -0.1) is 5.10 Å². The van der Waals surface area contributed by atoms with Gasteiger partial charge in [-0.25, -0.2) is 4.79 Å². The zero-order valence-electron chi connectivity index (χ0n) is 14.1. The largest absolute Gasteiger partial charge is 0.507 e. The maximum absolute atomic E-state index is 12.4. The second-order valence-electron chi connectivity index (χ2n) is 5.87. The topological polar surface area (TPSA) is 97.5 Å². The summed E-state index contributed by atoms with van der Waals surface area (Å²) in [7, 11) is 0. The lowest BCUT2D eigenvalue weighted by Crippen LogP contribution is -2.07. The summed E-state index contributed by atoms with van der Waals surface area (Å²) < 4.78 is 5.22. The Morgan fingerprint density at radius 1 is 1.00 bits per heavy atom. The van der Waals surface area contributed by atoms with Gasteiger partial charge in [0.2, 0.25) is 0 Å². The number of benzene rings is 3. The molecule has 2 N–H and O–H groups in total. The van der Waals surface area contributed by atoms with Gasteiger partial charge in [-0.05, 0) is 18.2 Å². The first-order valence-electron chi connectivity index (χ1n) is 8.21. The summed E-state index contributed by atoms with van der Waals surface area (Å²) >= 11 is 0. The second-order valence-corrected chi connectivity index (χ2v) is 5.87. The van der Waals surface area contributed by atoms with E-state index in [1.807, 2.05) is 30.3 Å². The number of hydrogen-bond acceptors (Lipinski definition) is 6. The van der Waals surface area contributed by atoms with Crippen molar-refractivity contribution in [1.82, 2.24) is 15.0 Å². The summed E-state index contributed by atoms with van der Waals surface area (Å²) in [6, 6.07) is 17.2. The van der Waals surface area contributed by atoms with Gasteiger partial charge in [-0.3, -0.25) is 0 Å². The van der Waals surface area contributed by atoms with Crippen molar-refractivity contribution in [2.45, 2.75) is 6.61 Å². The van der Waals surface area contributed by atoms with Crippen molar-refractivity contribution >= 4 is 16.7 Å². The monoisotopic (exact) mass is 361 g/mol. The summed E-state index contributed by atoms with van der Waals surface area (Å²) in [5.41, 5.74) is 1.13. The number of aromatic nitrogens is 3. The third kappa shape index (κ3) is 3.18. The smallest absolute Gasteiger partial charge is 0.342 e. The van der Waals surface area contributed by atoms with Crippen molar-refractivity contribution in [3.63, 3.8) is 0 Å². The highest BCUT2D eigenvalue weighted by Gasteiger charge is 2.18. The van der Waals surface area contributed by atoms with E-state index in [0.717, 1.165) is 5.69 Å². The molecule has 0 bridgehead atoms. The average Bonchev–Trinajstić information content (AvgIpc) is 3.19. The average molecular weight is 361 g/mol. The number of aromatic hydroxyl groups is 2. The number of fused-ring (bicyclic) bond motifs is 1. The Balaban J connectivity index is 1.53. The van der Waals surface area contributed by atoms with Crippen LogP contribution in [0.3, 0.4) is 0 Å². The van der Waals surface area contributed by atoms with Crippen molar-refractivity contribution in [2.75, 3.05) is 0 Å². The Labute approximate surface area is 154 Å². The first-order valence-corrected chi connectivity index (χ1v) is 8.21. The molecule has 1 aromatic heterocycles. The van der Waals surface area contributed by atoms with Crippen molar-refractivity contribution in [2.24, 2.45) is 0 Å². The predicted molar refractivity (Wildman–Crippen MR) is 97.8 cm³/mol. The molecule has 27 heavy (non-hydrogen) atoms. The van der Waals surface area contributed by atoms with Crippen LogP contribution in [0.15, 0.2) is 66.9 Å². The highest BCUT2D eigenvalue weighted by atomic mass is 16.5. The van der Waals surface area contributed by atoms with Crippen LogP contribution in [-0.2, 0) is 11.3 Å². The van der Waals surface area contributed by atoms with Crippen LogP contribution in [0, 0.1) is 0 Å². The molecule has 7 heteroatoms. The van der Waals surface area contributed by atoms with Crippen molar-refractivity contribution in [3.05, 3.63) is 78.1 Å². The number of nitrogens with zero attached hydrogens (tertiary/aromatic N) is 3. The Morgan fingerprint density at radius 3 is 2.48 bits per heavy atom. The van der Waals surface area contributed by atoms with E-state index in [9.17, 15) is 15.0 Å². The van der Waals surface area contributed by atoms with Gasteiger partial charge in [0, 0.05) is 10.8 Å². The molecular weight excluding hydrogens is 346 g/mol. The molecular formula is C20H15N3O4.